The summed E-state index contributed by atoms with van der Waals surface area (Å²) in [6.45, 7) is 3.52. The van der Waals surface area contributed by atoms with Crippen LogP contribution in [0, 0.1) is 0 Å². The quantitative estimate of drug-likeness (QED) is 0.293. The zero-order valence-corrected chi connectivity index (χ0v) is 21.9. The van der Waals surface area contributed by atoms with Crippen molar-refractivity contribution < 1.29 is 14.0 Å². The minimum Gasteiger partial charge on any atom is -0.467 e. The smallest absolute Gasteiger partial charge is 0.266 e. The van der Waals surface area contributed by atoms with Crippen molar-refractivity contribution in [2.75, 3.05) is 6.54 Å². The first-order valence-corrected chi connectivity index (χ1v) is 13.3. The van der Waals surface area contributed by atoms with Gasteiger partial charge in [-0.2, -0.15) is 0 Å². The lowest BCUT2D eigenvalue weighted by molar-refractivity contribution is -0.135. The number of hydrogen-bond acceptors (Lipinski definition) is 5. The fraction of sp³-hybridized carbons (Fsp3) is 0.320. The summed E-state index contributed by atoms with van der Waals surface area (Å²) >= 11 is 10.3. The van der Waals surface area contributed by atoms with E-state index in [2.05, 4.69) is 22.9 Å². The zero-order valence-electron chi connectivity index (χ0n) is 18.7. The van der Waals surface area contributed by atoms with Crippen LogP contribution in [0.25, 0.3) is 17.0 Å². The standard InChI is InChI=1S/C25H24BrN3O3S2/c1-16-5-2-3-9-28(16)23(30)15-27-13-17(20-12-18(26)7-8-21(20)27)11-22-24(31)29(25(33)34-22)14-19-6-4-10-32-19/h4,6-8,10-13,16H,2-3,5,9,14-15H2,1H3/b22-11-/t16-/m1/s1. The number of carbonyl (C=O) groups is 2. The van der Waals surface area contributed by atoms with E-state index >= 15 is 0 Å². The Morgan fingerprint density at radius 1 is 1.32 bits per heavy atom. The molecular formula is C25H24BrN3O3S2. The van der Waals surface area contributed by atoms with E-state index in [9.17, 15) is 9.59 Å². The van der Waals surface area contributed by atoms with Crippen molar-refractivity contribution in [1.29, 1.82) is 0 Å². The first-order chi connectivity index (χ1) is 16.4. The molecule has 0 bridgehead atoms. The van der Waals surface area contributed by atoms with Gasteiger partial charge >= 0.3 is 0 Å². The number of piperidine rings is 1. The summed E-state index contributed by atoms with van der Waals surface area (Å²) in [4.78, 5) is 30.3. The maximum Gasteiger partial charge on any atom is 0.266 e. The second kappa shape index (κ2) is 9.71. The molecule has 2 aliphatic heterocycles. The molecule has 2 fully saturated rings. The van der Waals surface area contributed by atoms with Crippen LogP contribution in [0.1, 0.15) is 37.5 Å². The molecule has 176 valence electrons. The second-order valence-electron chi connectivity index (χ2n) is 8.65. The Labute approximate surface area is 216 Å². The van der Waals surface area contributed by atoms with E-state index in [1.807, 2.05) is 46.0 Å². The van der Waals surface area contributed by atoms with Crippen LogP contribution in [0.15, 0.2) is 56.6 Å². The summed E-state index contributed by atoms with van der Waals surface area (Å²) in [6.07, 6.45) is 8.70. The molecule has 34 heavy (non-hydrogen) atoms. The number of rotatable bonds is 5. The Balaban J connectivity index is 1.45. The molecule has 2 saturated heterocycles. The van der Waals surface area contributed by atoms with Crippen LogP contribution in [0.4, 0.5) is 0 Å². The number of furan rings is 1. The average Bonchev–Trinajstić information content (AvgIpc) is 3.50. The van der Waals surface area contributed by atoms with Gasteiger partial charge in [0.05, 0.1) is 17.7 Å². The van der Waals surface area contributed by atoms with Crippen molar-refractivity contribution >= 4 is 73.0 Å². The van der Waals surface area contributed by atoms with Crippen molar-refractivity contribution in [2.45, 2.75) is 45.3 Å². The molecule has 0 saturated carbocycles. The molecule has 0 N–H and O–H groups in total. The summed E-state index contributed by atoms with van der Waals surface area (Å²) in [7, 11) is 0. The number of fused-ring (bicyclic) bond motifs is 1. The van der Waals surface area contributed by atoms with Crippen molar-refractivity contribution in [3.05, 3.63) is 63.5 Å². The van der Waals surface area contributed by atoms with Gasteiger partial charge in [0.2, 0.25) is 5.91 Å². The van der Waals surface area contributed by atoms with Crippen LogP contribution in [0.2, 0.25) is 0 Å². The fourth-order valence-electron chi connectivity index (χ4n) is 4.58. The SMILES string of the molecule is C[C@@H]1CCCCN1C(=O)Cn1cc(/C=C2\SC(=S)N(Cc3ccco3)C2=O)c2cc(Br)ccc21. The highest BCUT2D eigenvalue weighted by Crippen LogP contribution is 2.36. The molecular weight excluding hydrogens is 534 g/mol. The molecule has 3 aromatic rings. The molecule has 0 radical (unpaired) electrons. The van der Waals surface area contributed by atoms with Crippen LogP contribution in [-0.2, 0) is 22.7 Å². The molecule has 5 rings (SSSR count). The number of benzene rings is 1. The van der Waals surface area contributed by atoms with Crippen molar-refractivity contribution in [3.63, 3.8) is 0 Å². The third-order valence-electron chi connectivity index (χ3n) is 6.36. The first-order valence-electron chi connectivity index (χ1n) is 11.3. The summed E-state index contributed by atoms with van der Waals surface area (Å²) < 4.78 is 8.82. The van der Waals surface area contributed by atoms with E-state index in [4.69, 9.17) is 16.6 Å². The summed E-state index contributed by atoms with van der Waals surface area (Å²) in [5.74, 6) is 0.674. The first kappa shape index (κ1) is 23.4. The number of carbonyl (C=O) groups excluding carboxylic acids is 2. The Morgan fingerprint density at radius 3 is 2.94 bits per heavy atom. The Morgan fingerprint density at radius 2 is 2.18 bits per heavy atom. The van der Waals surface area contributed by atoms with Gasteiger partial charge in [0.25, 0.3) is 5.91 Å². The van der Waals surface area contributed by atoms with E-state index in [-0.39, 0.29) is 24.4 Å². The van der Waals surface area contributed by atoms with Gasteiger partial charge in [0, 0.05) is 39.7 Å². The molecule has 2 aromatic heterocycles. The Hall–Kier alpha value is -2.36. The second-order valence-corrected chi connectivity index (χ2v) is 11.2. The van der Waals surface area contributed by atoms with Crippen molar-refractivity contribution in [2.24, 2.45) is 0 Å². The predicted octanol–water partition coefficient (Wildman–Crippen LogP) is 5.80. The van der Waals surface area contributed by atoms with Crippen LogP contribution in [0.5, 0.6) is 0 Å². The number of aromatic nitrogens is 1. The van der Waals surface area contributed by atoms with Gasteiger partial charge in [-0.1, -0.05) is 39.9 Å². The lowest BCUT2D eigenvalue weighted by atomic mass is 10.0. The third-order valence-corrected chi connectivity index (χ3v) is 8.23. The molecule has 2 aliphatic rings. The molecule has 0 unspecified atom stereocenters. The molecule has 1 atom stereocenters. The average molecular weight is 559 g/mol. The fourth-order valence-corrected chi connectivity index (χ4v) is 6.19. The van der Waals surface area contributed by atoms with E-state index in [0.29, 0.717) is 21.5 Å². The predicted molar refractivity (Wildman–Crippen MR) is 142 cm³/mol. The van der Waals surface area contributed by atoms with E-state index in [1.165, 1.54) is 18.2 Å². The molecule has 1 aromatic carbocycles. The number of amides is 2. The molecule has 4 heterocycles. The van der Waals surface area contributed by atoms with E-state index < -0.39 is 0 Å². The number of likely N-dealkylation sites (tertiary alicyclic amines) is 1. The minimum absolute atomic E-state index is 0.128. The van der Waals surface area contributed by atoms with Gasteiger partial charge in [-0.3, -0.25) is 14.5 Å². The van der Waals surface area contributed by atoms with Gasteiger partial charge in [-0.25, -0.2) is 0 Å². The molecule has 6 nitrogen and oxygen atoms in total. The monoisotopic (exact) mass is 557 g/mol. The number of thiocarbonyl (C=S) groups is 1. The van der Waals surface area contributed by atoms with E-state index in [1.54, 1.807) is 17.2 Å². The molecule has 9 heteroatoms. The van der Waals surface area contributed by atoms with Gasteiger partial charge in [-0.15, -0.1) is 0 Å². The minimum atomic E-state index is -0.138. The van der Waals surface area contributed by atoms with Gasteiger partial charge in [0.15, 0.2) is 0 Å². The Kier molecular flexibility index (Phi) is 6.68. The molecule has 0 spiro atoms. The topological polar surface area (TPSA) is 58.7 Å². The summed E-state index contributed by atoms with van der Waals surface area (Å²) in [5, 5.41) is 0.977. The maximum absolute atomic E-state index is 13.1. The molecule has 0 aliphatic carbocycles. The Bertz CT molecular complexity index is 1300. The highest BCUT2D eigenvalue weighted by Gasteiger charge is 2.33. The highest BCUT2D eigenvalue weighted by molar-refractivity contribution is 9.10. The van der Waals surface area contributed by atoms with Crippen molar-refractivity contribution in [3.8, 4) is 0 Å². The molecule has 2 amide bonds. The highest BCUT2D eigenvalue weighted by atomic mass is 79.9. The number of hydrogen-bond donors (Lipinski definition) is 0. The van der Waals surface area contributed by atoms with Crippen molar-refractivity contribution in [1.82, 2.24) is 14.4 Å². The van der Waals surface area contributed by atoms with Gasteiger partial charge in [0.1, 0.15) is 16.6 Å². The van der Waals surface area contributed by atoms with Crippen LogP contribution in [-0.4, -0.2) is 43.1 Å². The summed E-state index contributed by atoms with van der Waals surface area (Å²) in [6, 6.07) is 9.89. The van der Waals surface area contributed by atoms with E-state index in [0.717, 1.165) is 40.3 Å². The lowest BCUT2D eigenvalue weighted by Gasteiger charge is -2.33. The van der Waals surface area contributed by atoms with Crippen LogP contribution in [0.3, 0.4) is 0 Å². The maximum atomic E-state index is 13.1. The third kappa shape index (κ3) is 4.61. The van der Waals surface area contributed by atoms with Gasteiger partial charge < -0.3 is 13.9 Å². The lowest BCUT2D eigenvalue weighted by Crippen LogP contribution is -2.43. The number of thioether (sulfide) groups is 1. The largest absolute Gasteiger partial charge is 0.467 e. The zero-order chi connectivity index (χ0) is 23.8. The number of halogens is 1. The van der Waals surface area contributed by atoms with Gasteiger partial charge in [-0.05, 0) is 62.6 Å². The van der Waals surface area contributed by atoms with Crippen LogP contribution >= 0.6 is 39.9 Å². The number of nitrogens with zero attached hydrogens (tertiary/aromatic N) is 3. The summed E-state index contributed by atoms with van der Waals surface area (Å²) in [5.41, 5.74) is 1.84. The normalized spacial score (nSPS) is 20.2. The van der Waals surface area contributed by atoms with Crippen LogP contribution < -0.4 is 0 Å².